The van der Waals surface area contributed by atoms with Crippen molar-refractivity contribution in [3.8, 4) is 22.6 Å². The van der Waals surface area contributed by atoms with Crippen LogP contribution < -0.4 is 9.47 Å². The summed E-state index contributed by atoms with van der Waals surface area (Å²) in [5.41, 5.74) is 1.96. The predicted molar refractivity (Wildman–Crippen MR) is 97.4 cm³/mol. The highest BCUT2D eigenvalue weighted by molar-refractivity contribution is 5.64. The molecule has 0 radical (unpaired) electrons. The van der Waals surface area contributed by atoms with Gasteiger partial charge >= 0.3 is 6.61 Å². The Morgan fingerprint density at radius 1 is 0.720 bits per heavy atom. The molecule has 0 aliphatic carbocycles. The van der Waals surface area contributed by atoms with Crippen LogP contribution in [0.2, 0.25) is 0 Å². The second-order valence-corrected chi connectivity index (χ2v) is 6.04. The normalized spacial score (nSPS) is 10.9. The van der Waals surface area contributed by atoms with E-state index in [0.717, 1.165) is 29.9 Å². The molecule has 2 nitrogen and oxygen atoms in total. The first-order valence-corrected chi connectivity index (χ1v) is 8.97. The molecule has 2 rings (SSSR count). The number of benzene rings is 2. The van der Waals surface area contributed by atoms with Gasteiger partial charge < -0.3 is 9.47 Å². The first-order chi connectivity index (χ1) is 12.2. The molecule has 0 amide bonds. The van der Waals surface area contributed by atoms with Crippen LogP contribution in [0.25, 0.3) is 11.1 Å². The Bertz CT molecular complexity index is 594. The lowest BCUT2D eigenvalue weighted by Crippen LogP contribution is -2.01. The van der Waals surface area contributed by atoms with Crippen molar-refractivity contribution in [3.05, 3.63) is 48.5 Å². The maximum atomic E-state index is 12.2. The lowest BCUT2D eigenvalue weighted by molar-refractivity contribution is -0.0498. The summed E-state index contributed by atoms with van der Waals surface area (Å²) in [4.78, 5) is 0. The molecule has 0 aliphatic heterocycles. The van der Waals surface area contributed by atoms with Crippen LogP contribution in [0.1, 0.15) is 45.4 Å². The number of unbranched alkanes of at least 4 members (excludes halogenated alkanes) is 5. The Balaban J connectivity index is 1.77. The molecule has 136 valence electrons. The molecule has 0 aliphatic rings. The fraction of sp³-hybridized carbons (Fsp3) is 0.429. The summed E-state index contributed by atoms with van der Waals surface area (Å²) in [5.74, 6) is 1.02. The minimum Gasteiger partial charge on any atom is -0.494 e. The van der Waals surface area contributed by atoms with E-state index < -0.39 is 6.61 Å². The predicted octanol–water partition coefficient (Wildman–Crippen LogP) is 6.69. The van der Waals surface area contributed by atoms with Gasteiger partial charge in [0.15, 0.2) is 0 Å². The van der Waals surface area contributed by atoms with Gasteiger partial charge in [0.05, 0.1) is 6.61 Å². The van der Waals surface area contributed by atoms with Gasteiger partial charge in [0.1, 0.15) is 11.5 Å². The van der Waals surface area contributed by atoms with E-state index >= 15 is 0 Å². The smallest absolute Gasteiger partial charge is 0.387 e. The first kappa shape index (κ1) is 19.2. The summed E-state index contributed by atoms with van der Waals surface area (Å²) < 4.78 is 34.4. The van der Waals surface area contributed by atoms with Gasteiger partial charge in [0.25, 0.3) is 0 Å². The van der Waals surface area contributed by atoms with Crippen molar-refractivity contribution < 1.29 is 18.3 Å². The van der Waals surface area contributed by atoms with Crippen LogP contribution in [0.4, 0.5) is 8.78 Å². The third kappa shape index (κ3) is 7.12. The lowest BCUT2D eigenvalue weighted by Gasteiger charge is -2.08. The topological polar surface area (TPSA) is 18.5 Å². The summed E-state index contributed by atoms with van der Waals surface area (Å²) in [7, 11) is 0. The van der Waals surface area contributed by atoms with Crippen LogP contribution in [0, 0.1) is 0 Å². The molecule has 4 heteroatoms. The third-order valence-corrected chi connectivity index (χ3v) is 4.03. The van der Waals surface area contributed by atoms with Crippen LogP contribution in [0.3, 0.4) is 0 Å². The number of rotatable bonds is 11. The summed E-state index contributed by atoms with van der Waals surface area (Å²) >= 11 is 0. The number of halogens is 2. The molecule has 2 aromatic rings. The minimum atomic E-state index is -2.80. The van der Waals surface area contributed by atoms with E-state index in [0.29, 0.717) is 0 Å². The molecule has 25 heavy (non-hydrogen) atoms. The van der Waals surface area contributed by atoms with Gasteiger partial charge in [-0.2, -0.15) is 8.78 Å². The molecular formula is C21H26F2O2. The Morgan fingerprint density at radius 2 is 1.24 bits per heavy atom. The van der Waals surface area contributed by atoms with Crippen molar-refractivity contribution >= 4 is 0 Å². The highest BCUT2D eigenvalue weighted by Gasteiger charge is 2.04. The van der Waals surface area contributed by atoms with Gasteiger partial charge in [0.2, 0.25) is 0 Å². The first-order valence-electron chi connectivity index (χ1n) is 8.97. The quantitative estimate of drug-likeness (QED) is 0.421. The number of ether oxygens (including phenoxy) is 2. The van der Waals surface area contributed by atoms with Gasteiger partial charge in [0, 0.05) is 0 Å². The van der Waals surface area contributed by atoms with E-state index in [4.69, 9.17) is 4.74 Å². The Hall–Kier alpha value is -2.10. The minimum absolute atomic E-state index is 0.164. The van der Waals surface area contributed by atoms with E-state index in [1.807, 2.05) is 24.3 Å². The van der Waals surface area contributed by atoms with Crippen molar-refractivity contribution in [1.29, 1.82) is 0 Å². The molecule has 0 fully saturated rings. The molecule has 0 saturated heterocycles. The van der Waals surface area contributed by atoms with Gasteiger partial charge in [-0.15, -0.1) is 0 Å². The Morgan fingerprint density at radius 3 is 1.80 bits per heavy atom. The fourth-order valence-electron chi connectivity index (χ4n) is 2.64. The van der Waals surface area contributed by atoms with Crippen molar-refractivity contribution in [2.75, 3.05) is 6.61 Å². The standard InChI is InChI=1S/C21H26F2O2/c1-2-3-4-5-6-7-16-24-19-12-8-17(9-13-19)18-10-14-20(15-11-18)25-21(22)23/h8-15,21H,2-7,16H2,1H3. The summed E-state index contributed by atoms with van der Waals surface area (Å²) in [5, 5.41) is 0. The third-order valence-electron chi connectivity index (χ3n) is 4.03. The fourth-order valence-corrected chi connectivity index (χ4v) is 2.64. The molecule has 0 atom stereocenters. The van der Waals surface area contributed by atoms with Crippen molar-refractivity contribution in [3.63, 3.8) is 0 Å². The molecular weight excluding hydrogens is 322 g/mol. The van der Waals surface area contributed by atoms with Gasteiger partial charge in [-0.25, -0.2) is 0 Å². The average Bonchev–Trinajstić information content (AvgIpc) is 2.62. The summed E-state index contributed by atoms with van der Waals surface area (Å²) in [6, 6.07) is 14.5. The van der Waals surface area contributed by atoms with Gasteiger partial charge in [-0.05, 0) is 41.8 Å². The molecule has 0 saturated carbocycles. The lowest BCUT2D eigenvalue weighted by atomic mass is 10.1. The van der Waals surface area contributed by atoms with Crippen molar-refractivity contribution in [1.82, 2.24) is 0 Å². The largest absolute Gasteiger partial charge is 0.494 e. The zero-order valence-electron chi connectivity index (χ0n) is 14.7. The van der Waals surface area contributed by atoms with Crippen molar-refractivity contribution in [2.24, 2.45) is 0 Å². The number of alkyl halides is 2. The molecule has 0 heterocycles. The van der Waals surface area contributed by atoms with Crippen LogP contribution in [0.5, 0.6) is 11.5 Å². The molecule has 0 unspecified atom stereocenters. The van der Waals surface area contributed by atoms with Crippen LogP contribution in [-0.4, -0.2) is 13.2 Å². The summed E-state index contributed by atoms with van der Waals surface area (Å²) in [6.45, 7) is 0.164. The Labute approximate surface area is 148 Å². The van der Waals surface area contributed by atoms with Crippen LogP contribution in [0.15, 0.2) is 48.5 Å². The highest BCUT2D eigenvalue weighted by atomic mass is 19.3. The maximum Gasteiger partial charge on any atom is 0.387 e. The SMILES string of the molecule is CCCCCCCCOc1ccc(-c2ccc(OC(F)F)cc2)cc1. The Kier molecular flexibility index (Phi) is 8.23. The second kappa shape index (κ2) is 10.7. The zero-order valence-corrected chi connectivity index (χ0v) is 14.7. The van der Waals surface area contributed by atoms with Crippen LogP contribution >= 0.6 is 0 Å². The van der Waals surface area contributed by atoms with Gasteiger partial charge in [-0.1, -0.05) is 63.3 Å². The van der Waals surface area contributed by atoms with E-state index in [2.05, 4.69) is 11.7 Å². The maximum absolute atomic E-state index is 12.2. The monoisotopic (exact) mass is 348 g/mol. The average molecular weight is 348 g/mol. The number of hydrogen-bond donors (Lipinski definition) is 0. The van der Waals surface area contributed by atoms with Crippen LogP contribution in [-0.2, 0) is 0 Å². The second-order valence-electron chi connectivity index (χ2n) is 6.04. The number of hydrogen-bond acceptors (Lipinski definition) is 2. The molecule has 0 bridgehead atoms. The van der Waals surface area contributed by atoms with E-state index in [1.54, 1.807) is 24.3 Å². The molecule has 0 N–H and O–H groups in total. The van der Waals surface area contributed by atoms with Gasteiger partial charge in [-0.3, -0.25) is 0 Å². The molecule has 0 aromatic heterocycles. The van der Waals surface area contributed by atoms with Crippen molar-refractivity contribution in [2.45, 2.75) is 52.1 Å². The highest BCUT2D eigenvalue weighted by Crippen LogP contribution is 2.25. The zero-order chi connectivity index (χ0) is 17.9. The van der Waals surface area contributed by atoms with E-state index in [9.17, 15) is 8.78 Å². The molecule has 2 aromatic carbocycles. The van der Waals surface area contributed by atoms with E-state index in [-0.39, 0.29) is 5.75 Å². The molecule has 0 spiro atoms. The van der Waals surface area contributed by atoms with E-state index in [1.165, 1.54) is 32.1 Å². The summed E-state index contributed by atoms with van der Waals surface area (Å²) in [6.07, 6.45) is 7.47.